The molecule has 2 heterocycles. The van der Waals surface area contributed by atoms with Gasteiger partial charge in [0.15, 0.2) is 4.80 Å². The van der Waals surface area contributed by atoms with Crippen LogP contribution in [-0.4, -0.2) is 10.5 Å². The van der Waals surface area contributed by atoms with E-state index in [-0.39, 0.29) is 5.56 Å². The molecule has 0 unspecified atom stereocenters. The quantitative estimate of drug-likeness (QED) is 0.211. The van der Waals surface area contributed by atoms with E-state index >= 15 is 0 Å². The monoisotopic (exact) mass is 440 g/mol. The highest BCUT2D eigenvalue weighted by Gasteiger charge is 2.16. The minimum absolute atomic E-state index is 0.0793. The molecule has 0 fully saturated rings. The number of benzene rings is 3. The highest BCUT2D eigenvalue weighted by Crippen LogP contribution is 2.26. The number of fused-ring (bicyclic) bond motifs is 4. The van der Waals surface area contributed by atoms with Crippen LogP contribution in [0.25, 0.3) is 32.0 Å². The van der Waals surface area contributed by atoms with Crippen molar-refractivity contribution in [3.63, 3.8) is 0 Å². The van der Waals surface area contributed by atoms with Gasteiger partial charge in [0, 0.05) is 11.9 Å². The van der Waals surface area contributed by atoms with Gasteiger partial charge in [0.05, 0.1) is 10.2 Å². The van der Waals surface area contributed by atoms with Crippen molar-refractivity contribution in [3.8, 4) is 0 Å². The fraction of sp³-hybridized carbons (Fsp3) is 0.115. The highest BCUT2D eigenvalue weighted by atomic mass is 32.1. The largest absolute Gasteiger partial charge is 0.422 e. The second-order valence-electron chi connectivity index (χ2n) is 7.78. The number of nitrogens with zero attached hydrogens (tertiary/aromatic N) is 2. The third-order valence-corrected chi connectivity index (χ3v) is 6.52. The molecular formula is C26H20N2O3S. The topological polar surface area (TPSA) is 64.6 Å². The number of thiazole rings is 1. The Kier molecular flexibility index (Phi) is 4.87. The van der Waals surface area contributed by atoms with Gasteiger partial charge in [-0.3, -0.25) is 4.79 Å². The molecule has 32 heavy (non-hydrogen) atoms. The summed E-state index contributed by atoms with van der Waals surface area (Å²) >= 11 is 1.42. The van der Waals surface area contributed by atoms with Gasteiger partial charge in [-0.05, 0) is 53.9 Å². The van der Waals surface area contributed by atoms with Gasteiger partial charge in [-0.25, -0.2) is 4.79 Å². The van der Waals surface area contributed by atoms with Crippen LogP contribution in [0.15, 0.2) is 81.5 Å². The van der Waals surface area contributed by atoms with Crippen LogP contribution < -0.4 is 10.4 Å². The molecule has 0 bridgehead atoms. The predicted octanol–water partition coefficient (Wildman–Crippen LogP) is 5.51. The van der Waals surface area contributed by atoms with Crippen LogP contribution in [0.5, 0.6) is 0 Å². The second kappa shape index (κ2) is 7.73. The van der Waals surface area contributed by atoms with Gasteiger partial charge in [0.25, 0.3) is 5.91 Å². The number of carbonyl (C=O) groups is 1. The molecule has 0 aliphatic heterocycles. The van der Waals surface area contributed by atoms with Crippen LogP contribution in [0.2, 0.25) is 0 Å². The molecule has 0 N–H and O–H groups in total. The summed E-state index contributed by atoms with van der Waals surface area (Å²) in [6.07, 6.45) is 1.77. The summed E-state index contributed by atoms with van der Waals surface area (Å²) in [5.74, 6) is -0.618. The van der Waals surface area contributed by atoms with Gasteiger partial charge in [0.1, 0.15) is 11.1 Å². The summed E-state index contributed by atoms with van der Waals surface area (Å²) in [5.41, 5.74) is 2.93. The first-order valence-corrected chi connectivity index (χ1v) is 11.0. The smallest absolute Gasteiger partial charge is 0.349 e. The molecule has 0 saturated heterocycles. The molecule has 0 saturated carbocycles. The molecule has 158 valence electrons. The van der Waals surface area contributed by atoms with Gasteiger partial charge >= 0.3 is 5.63 Å². The minimum Gasteiger partial charge on any atom is -0.422 e. The van der Waals surface area contributed by atoms with Crippen molar-refractivity contribution in [2.75, 3.05) is 0 Å². The van der Waals surface area contributed by atoms with E-state index in [1.165, 1.54) is 11.3 Å². The Bertz CT molecular complexity index is 1690. The standard InChI is InChI=1S/C26H20N2O3S/c1-4-11-28-23-16(3)12-15(2)13-22(23)32-26(28)27-24(29)20-14-19-18-8-6-5-7-17(18)9-10-21(19)31-25(20)30/h4-10,12-14H,1,11H2,2-3H3. The van der Waals surface area contributed by atoms with Crippen molar-refractivity contribution in [2.24, 2.45) is 4.99 Å². The molecule has 5 nitrogen and oxygen atoms in total. The van der Waals surface area contributed by atoms with Crippen LogP contribution in [0, 0.1) is 13.8 Å². The van der Waals surface area contributed by atoms with Crippen LogP contribution in [0.4, 0.5) is 0 Å². The average molecular weight is 441 g/mol. The van der Waals surface area contributed by atoms with E-state index in [1.54, 1.807) is 18.2 Å². The molecule has 5 rings (SSSR count). The van der Waals surface area contributed by atoms with E-state index in [2.05, 4.69) is 23.7 Å². The van der Waals surface area contributed by atoms with Gasteiger partial charge in [-0.15, -0.1) is 6.58 Å². The van der Waals surface area contributed by atoms with Crippen molar-refractivity contribution in [3.05, 3.63) is 99.2 Å². The van der Waals surface area contributed by atoms with E-state index in [1.807, 2.05) is 48.7 Å². The SMILES string of the molecule is C=CCn1c(=NC(=O)c2cc3c(ccc4ccccc43)oc2=O)sc2cc(C)cc(C)c21. The van der Waals surface area contributed by atoms with E-state index in [9.17, 15) is 9.59 Å². The predicted molar refractivity (Wildman–Crippen MR) is 129 cm³/mol. The van der Waals surface area contributed by atoms with Crippen LogP contribution >= 0.6 is 11.3 Å². The molecule has 0 aliphatic carbocycles. The van der Waals surface area contributed by atoms with Crippen molar-refractivity contribution in [1.29, 1.82) is 0 Å². The second-order valence-corrected chi connectivity index (χ2v) is 8.78. The zero-order valence-corrected chi connectivity index (χ0v) is 18.5. The Labute approximate surface area is 187 Å². The van der Waals surface area contributed by atoms with Crippen molar-refractivity contribution < 1.29 is 9.21 Å². The highest BCUT2D eigenvalue weighted by molar-refractivity contribution is 7.16. The summed E-state index contributed by atoms with van der Waals surface area (Å²) in [6.45, 7) is 8.42. The lowest BCUT2D eigenvalue weighted by Gasteiger charge is -2.05. The lowest BCUT2D eigenvalue weighted by molar-refractivity contribution is 0.0994. The summed E-state index contributed by atoms with van der Waals surface area (Å²) in [7, 11) is 0. The Balaban J connectivity index is 1.73. The minimum atomic E-state index is -0.690. The molecule has 1 amide bonds. The molecule has 0 spiro atoms. The first-order valence-electron chi connectivity index (χ1n) is 10.2. The maximum atomic E-state index is 13.1. The molecule has 0 atom stereocenters. The number of carbonyl (C=O) groups excluding carboxylic acids is 1. The fourth-order valence-electron chi connectivity index (χ4n) is 4.14. The molecule has 6 heteroatoms. The van der Waals surface area contributed by atoms with Gasteiger partial charge in [-0.1, -0.05) is 53.8 Å². The van der Waals surface area contributed by atoms with Gasteiger partial charge in [-0.2, -0.15) is 4.99 Å². The number of aromatic nitrogens is 1. The van der Waals surface area contributed by atoms with Crippen LogP contribution in [-0.2, 0) is 6.54 Å². The van der Waals surface area contributed by atoms with Gasteiger partial charge < -0.3 is 8.98 Å². The van der Waals surface area contributed by atoms with E-state index < -0.39 is 11.5 Å². The van der Waals surface area contributed by atoms with E-state index in [0.29, 0.717) is 22.3 Å². The molecule has 0 radical (unpaired) electrons. The zero-order valence-electron chi connectivity index (χ0n) is 17.7. The van der Waals surface area contributed by atoms with Crippen molar-refractivity contribution >= 4 is 49.2 Å². The number of rotatable bonds is 3. The summed E-state index contributed by atoms with van der Waals surface area (Å²) in [6, 6.07) is 17.2. The number of amides is 1. The number of hydrogen-bond acceptors (Lipinski definition) is 4. The number of allylic oxidation sites excluding steroid dienone is 1. The first kappa shape index (κ1) is 20.2. The van der Waals surface area contributed by atoms with Crippen LogP contribution in [0.1, 0.15) is 21.5 Å². The Hall–Kier alpha value is -3.77. The first-order chi connectivity index (χ1) is 15.5. The average Bonchev–Trinajstić information content (AvgIpc) is 3.10. The summed E-state index contributed by atoms with van der Waals surface area (Å²) in [4.78, 5) is 30.6. The number of hydrogen-bond donors (Lipinski definition) is 0. The van der Waals surface area contributed by atoms with Gasteiger partial charge in [0.2, 0.25) is 0 Å². The normalized spacial score (nSPS) is 12.1. The van der Waals surface area contributed by atoms with E-state index in [0.717, 1.165) is 32.1 Å². The third kappa shape index (κ3) is 3.29. The fourth-order valence-corrected chi connectivity index (χ4v) is 5.36. The lowest BCUT2D eigenvalue weighted by Crippen LogP contribution is -2.19. The molecular weight excluding hydrogens is 420 g/mol. The maximum Gasteiger partial charge on any atom is 0.349 e. The molecule has 0 aliphatic rings. The number of aryl methyl sites for hydroxylation is 2. The van der Waals surface area contributed by atoms with E-state index in [4.69, 9.17) is 4.42 Å². The third-order valence-electron chi connectivity index (χ3n) is 5.49. The van der Waals surface area contributed by atoms with Crippen molar-refractivity contribution in [2.45, 2.75) is 20.4 Å². The summed E-state index contributed by atoms with van der Waals surface area (Å²) in [5, 5.41) is 2.63. The molecule has 3 aromatic carbocycles. The molecule has 2 aromatic heterocycles. The molecule has 5 aromatic rings. The van der Waals surface area contributed by atoms with Crippen molar-refractivity contribution in [1.82, 2.24) is 4.57 Å². The Morgan fingerprint density at radius 3 is 2.75 bits per heavy atom. The Morgan fingerprint density at radius 2 is 1.94 bits per heavy atom. The maximum absolute atomic E-state index is 13.1. The lowest BCUT2D eigenvalue weighted by atomic mass is 10.0. The zero-order chi connectivity index (χ0) is 22.4. The van der Waals surface area contributed by atoms with Crippen LogP contribution in [0.3, 0.4) is 0 Å². The Morgan fingerprint density at radius 1 is 1.12 bits per heavy atom. The summed E-state index contributed by atoms with van der Waals surface area (Å²) < 4.78 is 8.47.